The first-order valence-corrected chi connectivity index (χ1v) is 11.0. The number of carbonyl (C=O) groups is 1. The quantitative estimate of drug-likeness (QED) is 0.624. The smallest absolute Gasteiger partial charge is 0.227 e. The molecule has 0 spiro atoms. The molecule has 5 nitrogen and oxygen atoms in total. The van der Waals surface area contributed by atoms with Gasteiger partial charge in [0.25, 0.3) is 0 Å². The molecule has 1 aliphatic heterocycles. The van der Waals surface area contributed by atoms with Crippen LogP contribution < -0.4 is 0 Å². The minimum atomic E-state index is -0.263. The summed E-state index contributed by atoms with van der Waals surface area (Å²) in [6, 6.07) is 6.32. The molecule has 152 valence electrons. The number of hydrogen-bond donors (Lipinski definition) is 0. The minimum absolute atomic E-state index is 0.184. The fraction of sp³-hybridized carbons (Fsp3) is 0.409. The Hall–Kier alpha value is -2.54. The van der Waals surface area contributed by atoms with Crippen molar-refractivity contribution in [1.29, 1.82) is 0 Å². The summed E-state index contributed by atoms with van der Waals surface area (Å²) in [4.78, 5) is 19.5. The highest BCUT2D eigenvalue weighted by Gasteiger charge is 2.21. The number of aromatic nitrogens is 3. The molecule has 3 heterocycles. The Labute approximate surface area is 174 Å². The highest BCUT2D eigenvalue weighted by molar-refractivity contribution is 7.12. The molecule has 1 aromatic carbocycles. The Balaban J connectivity index is 1.56. The number of likely N-dealkylation sites (tertiary alicyclic amines) is 1. The average Bonchev–Trinajstić information content (AvgIpc) is 3.17. The molecule has 0 atom stereocenters. The van der Waals surface area contributed by atoms with Crippen LogP contribution in [0.3, 0.4) is 0 Å². The van der Waals surface area contributed by atoms with E-state index in [9.17, 15) is 9.18 Å². The largest absolute Gasteiger partial charge is 0.342 e. The van der Waals surface area contributed by atoms with Crippen molar-refractivity contribution < 1.29 is 9.18 Å². The van der Waals surface area contributed by atoms with Gasteiger partial charge in [0.15, 0.2) is 0 Å². The van der Waals surface area contributed by atoms with Crippen molar-refractivity contribution in [3.05, 3.63) is 52.4 Å². The first-order chi connectivity index (χ1) is 14.0. The van der Waals surface area contributed by atoms with Crippen molar-refractivity contribution in [2.45, 2.75) is 46.0 Å². The van der Waals surface area contributed by atoms with E-state index in [2.05, 4.69) is 10.1 Å². The monoisotopic (exact) mass is 412 g/mol. The van der Waals surface area contributed by atoms with E-state index in [1.165, 1.54) is 36.3 Å². The van der Waals surface area contributed by atoms with Crippen LogP contribution in [0.2, 0.25) is 0 Å². The van der Waals surface area contributed by atoms with Crippen molar-refractivity contribution >= 4 is 17.2 Å². The molecule has 1 fully saturated rings. The van der Waals surface area contributed by atoms with Gasteiger partial charge in [0.1, 0.15) is 5.82 Å². The molecule has 0 aliphatic carbocycles. The average molecular weight is 413 g/mol. The zero-order chi connectivity index (χ0) is 20.4. The third-order valence-corrected chi connectivity index (χ3v) is 6.36. The van der Waals surface area contributed by atoms with Crippen molar-refractivity contribution in [2.75, 3.05) is 13.1 Å². The van der Waals surface area contributed by atoms with Gasteiger partial charge in [-0.05, 0) is 51.0 Å². The Morgan fingerprint density at radius 3 is 2.48 bits per heavy atom. The number of nitrogens with zero attached hydrogens (tertiary/aromatic N) is 4. The first kappa shape index (κ1) is 19.8. The molecule has 0 unspecified atom stereocenters. The van der Waals surface area contributed by atoms with E-state index in [0.717, 1.165) is 59.3 Å². The lowest BCUT2D eigenvalue weighted by Gasteiger charge is -2.20. The van der Waals surface area contributed by atoms with Crippen LogP contribution in [0.1, 0.15) is 42.6 Å². The number of amides is 1. The van der Waals surface area contributed by atoms with Gasteiger partial charge in [-0.15, -0.1) is 11.3 Å². The molecule has 1 aliphatic rings. The number of carbonyl (C=O) groups excluding carboxylic acids is 1. The first-order valence-electron chi connectivity index (χ1n) is 10.1. The van der Waals surface area contributed by atoms with E-state index in [1.54, 1.807) is 12.1 Å². The second-order valence-corrected chi connectivity index (χ2v) is 8.39. The van der Waals surface area contributed by atoms with Crippen molar-refractivity contribution in [3.8, 4) is 16.4 Å². The minimum Gasteiger partial charge on any atom is -0.342 e. The molecule has 0 radical (unpaired) electrons. The van der Waals surface area contributed by atoms with Crippen LogP contribution in [0.25, 0.3) is 16.4 Å². The second-order valence-electron chi connectivity index (χ2n) is 7.56. The molecule has 7 heteroatoms. The Morgan fingerprint density at radius 1 is 1.10 bits per heavy atom. The Morgan fingerprint density at radius 2 is 1.79 bits per heavy atom. The van der Waals surface area contributed by atoms with Crippen LogP contribution in [0, 0.1) is 19.7 Å². The second kappa shape index (κ2) is 8.45. The van der Waals surface area contributed by atoms with E-state index in [-0.39, 0.29) is 11.7 Å². The molecule has 0 bridgehead atoms. The topological polar surface area (TPSA) is 51.0 Å². The van der Waals surface area contributed by atoms with Gasteiger partial charge >= 0.3 is 0 Å². The lowest BCUT2D eigenvalue weighted by atomic mass is 10.1. The molecule has 29 heavy (non-hydrogen) atoms. The molecular formula is C22H25FN4OS. The Bertz CT molecular complexity index is 1000. The van der Waals surface area contributed by atoms with Crippen molar-refractivity contribution in [3.63, 3.8) is 0 Å². The molecule has 3 aromatic rings. The summed E-state index contributed by atoms with van der Waals surface area (Å²) in [7, 11) is 0. The van der Waals surface area contributed by atoms with Gasteiger partial charge in [-0.25, -0.2) is 14.1 Å². The molecule has 1 saturated heterocycles. The van der Waals surface area contributed by atoms with Crippen LogP contribution in [0.4, 0.5) is 4.39 Å². The third-order valence-electron chi connectivity index (χ3n) is 5.54. The maximum atomic E-state index is 13.2. The van der Waals surface area contributed by atoms with Gasteiger partial charge in [0.2, 0.25) is 11.0 Å². The van der Waals surface area contributed by atoms with Gasteiger partial charge in [0, 0.05) is 35.3 Å². The van der Waals surface area contributed by atoms with Crippen LogP contribution in [-0.2, 0) is 11.2 Å². The van der Waals surface area contributed by atoms with E-state index >= 15 is 0 Å². The summed E-state index contributed by atoms with van der Waals surface area (Å²) in [5.41, 5.74) is 4.46. The number of rotatable bonds is 4. The van der Waals surface area contributed by atoms with E-state index in [4.69, 9.17) is 0 Å². The number of benzene rings is 1. The summed E-state index contributed by atoms with van der Waals surface area (Å²) < 4.78 is 15.0. The standard InChI is InChI=1S/C22H25FN4OS/c1-15-19(13-21(28)26-11-5-3-4-6-12-26)16(2)27(25-15)22-24-20(14-29-22)17-7-9-18(23)10-8-17/h7-10,14H,3-6,11-13H2,1-2H3. The predicted molar refractivity (Wildman–Crippen MR) is 113 cm³/mol. The zero-order valence-corrected chi connectivity index (χ0v) is 17.6. The summed E-state index contributed by atoms with van der Waals surface area (Å²) in [6.07, 6.45) is 4.98. The van der Waals surface area contributed by atoms with E-state index in [0.29, 0.717) is 6.42 Å². The van der Waals surface area contributed by atoms with Crippen molar-refractivity contribution in [1.82, 2.24) is 19.7 Å². The maximum Gasteiger partial charge on any atom is 0.227 e. The summed E-state index contributed by atoms with van der Waals surface area (Å²) >= 11 is 1.49. The number of aryl methyl sites for hydroxylation is 1. The van der Waals surface area contributed by atoms with Gasteiger partial charge < -0.3 is 4.90 Å². The fourth-order valence-electron chi connectivity index (χ4n) is 3.81. The highest BCUT2D eigenvalue weighted by atomic mass is 32.1. The number of thiazole rings is 1. The summed E-state index contributed by atoms with van der Waals surface area (Å²) in [5, 5.41) is 7.35. The molecule has 0 N–H and O–H groups in total. The van der Waals surface area contributed by atoms with Crippen molar-refractivity contribution in [2.24, 2.45) is 0 Å². The lowest BCUT2D eigenvalue weighted by Crippen LogP contribution is -2.33. The highest BCUT2D eigenvalue weighted by Crippen LogP contribution is 2.27. The zero-order valence-electron chi connectivity index (χ0n) is 16.8. The normalized spacial score (nSPS) is 14.8. The van der Waals surface area contributed by atoms with Gasteiger partial charge in [-0.3, -0.25) is 4.79 Å². The van der Waals surface area contributed by atoms with Crippen LogP contribution in [-0.4, -0.2) is 38.7 Å². The van der Waals surface area contributed by atoms with Gasteiger partial charge in [0.05, 0.1) is 17.8 Å². The van der Waals surface area contributed by atoms with Gasteiger partial charge in [-0.2, -0.15) is 5.10 Å². The summed E-state index contributed by atoms with van der Waals surface area (Å²) in [6.45, 7) is 5.66. The maximum absolute atomic E-state index is 13.2. The SMILES string of the molecule is Cc1nn(-c2nc(-c3ccc(F)cc3)cs2)c(C)c1CC(=O)N1CCCCCC1. The van der Waals surface area contributed by atoms with E-state index in [1.807, 2.05) is 28.8 Å². The molecule has 4 rings (SSSR count). The predicted octanol–water partition coefficient (Wildman–Crippen LogP) is 4.70. The summed E-state index contributed by atoms with van der Waals surface area (Å²) in [5.74, 6) is -0.0785. The fourth-order valence-corrected chi connectivity index (χ4v) is 4.65. The molecular weight excluding hydrogens is 387 g/mol. The molecule has 0 saturated carbocycles. The lowest BCUT2D eigenvalue weighted by molar-refractivity contribution is -0.130. The number of halogens is 1. The molecule has 1 amide bonds. The van der Waals surface area contributed by atoms with Crippen LogP contribution >= 0.6 is 11.3 Å². The third kappa shape index (κ3) is 4.24. The van der Waals surface area contributed by atoms with Crippen LogP contribution in [0.5, 0.6) is 0 Å². The van der Waals surface area contributed by atoms with E-state index < -0.39 is 0 Å². The van der Waals surface area contributed by atoms with Crippen LogP contribution in [0.15, 0.2) is 29.6 Å². The van der Waals surface area contributed by atoms with Gasteiger partial charge in [-0.1, -0.05) is 12.8 Å². The number of hydrogen-bond acceptors (Lipinski definition) is 4. The Kier molecular flexibility index (Phi) is 5.76. The molecule has 2 aromatic heterocycles.